The van der Waals surface area contributed by atoms with Gasteiger partial charge in [0.2, 0.25) is 0 Å². The van der Waals surface area contributed by atoms with E-state index in [1.807, 2.05) is 0 Å². The SMILES string of the molecule is Cc1cc(-c2ccccc2)ccc1N(c1ccc(-c2ccccc2)cc1C)c1cccc2c1C1(c3ccccc3-c3ccccc31)c1ccccc1-2. The lowest BCUT2D eigenvalue weighted by Crippen LogP contribution is -2.28. The van der Waals surface area contributed by atoms with Crippen LogP contribution in [0.25, 0.3) is 44.5 Å². The van der Waals surface area contributed by atoms with Crippen molar-refractivity contribution < 1.29 is 0 Å². The van der Waals surface area contributed by atoms with Crippen LogP contribution < -0.4 is 4.90 Å². The fraction of sp³-hybridized carbons (Fsp3) is 0.0588. The van der Waals surface area contributed by atoms with Gasteiger partial charge >= 0.3 is 0 Å². The van der Waals surface area contributed by atoms with Gasteiger partial charge in [0, 0.05) is 16.9 Å². The van der Waals surface area contributed by atoms with Gasteiger partial charge in [-0.3, -0.25) is 0 Å². The molecule has 0 aliphatic heterocycles. The predicted molar refractivity (Wildman–Crippen MR) is 218 cm³/mol. The van der Waals surface area contributed by atoms with Gasteiger partial charge in [0.15, 0.2) is 0 Å². The third-order valence-electron chi connectivity index (χ3n) is 11.3. The van der Waals surface area contributed by atoms with Crippen LogP contribution in [0.5, 0.6) is 0 Å². The lowest BCUT2D eigenvalue weighted by Gasteiger charge is -2.37. The predicted octanol–water partition coefficient (Wildman–Crippen LogP) is 13.5. The van der Waals surface area contributed by atoms with Crippen LogP contribution in [0.1, 0.15) is 33.4 Å². The Bertz CT molecular complexity index is 2500. The van der Waals surface area contributed by atoms with E-state index in [1.165, 1.54) is 95.0 Å². The second kappa shape index (κ2) is 11.8. The van der Waals surface area contributed by atoms with Crippen molar-refractivity contribution in [2.24, 2.45) is 0 Å². The van der Waals surface area contributed by atoms with Gasteiger partial charge in [-0.25, -0.2) is 0 Å². The minimum Gasteiger partial charge on any atom is -0.310 e. The van der Waals surface area contributed by atoms with Crippen LogP contribution >= 0.6 is 0 Å². The number of benzene rings is 8. The minimum atomic E-state index is -0.469. The fourth-order valence-corrected chi connectivity index (χ4v) is 9.14. The summed E-state index contributed by atoms with van der Waals surface area (Å²) in [5, 5.41) is 0. The van der Waals surface area contributed by atoms with Crippen molar-refractivity contribution in [1.82, 2.24) is 0 Å². The number of hydrogen-bond donors (Lipinski definition) is 0. The Labute approximate surface area is 306 Å². The molecule has 0 heterocycles. The first-order valence-corrected chi connectivity index (χ1v) is 18.2. The summed E-state index contributed by atoms with van der Waals surface area (Å²) in [6.45, 7) is 4.52. The average molecular weight is 664 g/mol. The molecule has 0 unspecified atom stereocenters. The van der Waals surface area contributed by atoms with E-state index in [4.69, 9.17) is 0 Å². The molecule has 0 atom stereocenters. The molecule has 0 saturated heterocycles. The Morgan fingerprint density at radius 1 is 0.327 bits per heavy atom. The highest BCUT2D eigenvalue weighted by Crippen LogP contribution is 2.65. The maximum absolute atomic E-state index is 2.55. The summed E-state index contributed by atoms with van der Waals surface area (Å²) in [6, 6.07) is 69.5. The molecular weight excluding hydrogens is 627 g/mol. The summed E-state index contributed by atoms with van der Waals surface area (Å²) < 4.78 is 0. The summed E-state index contributed by atoms with van der Waals surface area (Å²) in [7, 11) is 0. The van der Waals surface area contributed by atoms with E-state index in [9.17, 15) is 0 Å². The highest BCUT2D eigenvalue weighted by atomic mass is 15.2. The van der Waals surface area contributed by atoms with E-state index in [1.54, 1.807) is 0 Å². The molecule has 0 amide bonds. The van der Waals surface area contributed by atoms with E-state index >= 15 is 0 Å². The van der Waals surface area contributed by atoms with Crippen LogP contribution in [0.3, 0.4) is 0 Å². The highest BCUT2D eigenvalue weighted by molar-refractivity contribution is 6.00. The summed E-state index contributed by atoms with van der Waals surface area (Å²) in [5.41, 5.74) is 21.0. The van der Waals surface area contributed by atoms with E-state index < -0.39 is 5.41 Å². The number of rotatable bonds is 5. The largest absolute Gasteiger partial charge is 0.310 e. The van der Waals surface area contributed by atoms with E-state index in [0.717, 1.165) is 0 Å². The first-order chi connectivity index (χ1) is 25.6. The Balaban J connectivity index is 1.28. The van der Waals surface area contributed by atoms with Crippen molar-refractivity contribution in [1.29, 1.82) is 0 Å². The maximum atomic E-state index is 2.55. The monoisotopic (exact) mass is 663 g/mol. The molecule has 0 saturated carbocycles. The molecule has 1 nitrogen and oxygen atoms in total. The second-order valence-electron chi connectivity index (χ2n) is 14.2. The summed E-state index contributed by atoms with van der Waals surface area (Å²) >= 11 is 0. The van der Waals surface area contributed by atoms with Crippen LogP contribution in [0, 0.1) is 13.8 Å². The molecule has 0 aromatic heterocycles. The molecule has 0 N–H and O–H groups in total. The molecule has 8 aromatic carbocycles. The smallest absolute Gasteiger partial charge is 0.0746 e. The molecule has 10 rings (SSSR count). The van der Waals surface area contributed by atoms with Gasteiger partial charge in [0.25, 0.3) is 0 Å². The maximum Gasteiger partial charge on any atom is 0.0746 e. The van der Waals surface area contributed by atoms with Gasteiger partial charge in [-0.05, 0) is 117 Å². The van der Waals surface area contributed by atoms with Gasteiger partial charge in [0.1, 0.15) is 0 Å². The van der Waals surface area contributed by atoms with Crippen LogP contribution in [0.2, 0.25) is 0 Å². The lowest BCUT2D eigenvalue weighted by atomic mass is 9.70. The van der Waals surface area contributed by atoms with E-state index in [0.29, 0.717) is 0 Å². The molecule has 0 fully saturated rings. The average Bonchev–Trinajstić information content (AvgIpc) is 3.68. The summed E-state index contributed by atoms with van der Waals surface area (Å²) in [5.74, 6) is 0. The normalized spacial score (nSPS) is 13.0. The summed E-state index contributed by atoms with van der Waals surface area (Å²) in [6.07, 6.45) is 0. The van der Waals surface area contributed by atoms with Crippen molar-refractivity contribution >= 4 is 17.1 Å². The van der Waals surface area contributed by atoms with E-state index in [-0.39, 0.29) is 0 Å². The third kappa shape index (κ3) is 4.36. The minimum absolute atomic E-state index is 0.469. The van der Waals surface area contributed by atoms with Crippen LogP contribution in [0.15, 0.2) is 188 Å². The van der Waals surface area contributed by atoms with Crippen molar-refractivity contribution in [3.63, 3.8) is 0 Å². The molecule has 0 bridgehead atoms. The van der Waals surface area contributed by atoms with Gasteiger partial charge in [0.05, 0.1) is 11.1 Å². The molecule has 52 heavy (non-hydrogen) atoms. The Morgan fingerprint density at radius 3 is 1.19 bits per heavy atom. The standard InChI is InChI=1S/C51H37N/c1-34-32-38(36-16-5-3-6-17-36)28-30-47(34)52(48-31-29-39(33-35(48)2)37-18-7-4-8-19-37)49-27-15-23-43-42-22-11-14-26-46(42)51(50(43)49)44-24-12-9-20-40(44)41-21-10-13-25-45(41)51/h3-33H,1-2H3. The van der Waals surface area contributed by atoms with Gasteiger partial charge in [-0.15, -0.1) is 0 Å². The molecule has 2 aliphatic carbocycles. The first-order valence-electron chi connectivity index (χ1n) is 18.2. The van der Waals surface area contributed by atoms with Crippen molar-refractivity contribution in [3.8, 4) is 44.5 Å². The Kier molecular flexibility index (Phi) is 6.91. The molecule has 8 aromatic rings. The molecule has 0 radical (unpaired) electrons. The quantitative estimate of drug-likeness (QED) is 0.177. The van der Waals surface area contributed by atoms with Crippen molar-refractivity contribution in [2.45, 2.75) is 19.3 Å². The zero-order valence-corrected chi connectivity index (χ0v) is 29.3. The van der Waals surface area contributed by atoms with E-state index in [2.05, 4.69) is 207 Å². The van der Waals surface area contributed by atoms with Crippen LogP contribution in [-0.2, 0) is 5.41 Å². The summed E-state index contributed by atoms with van der Waals surface area (Å²) in [4.78, 5) is 2.55. The number of fused-ring (bicyclic) bond motifs is 10. The number of nitrogens with zero attached hydrogens (tertiary/aromatic N) is 1. The topological polar surface area (TPSA) is 3.24 Å². The number of anilines is 3. The van der Waals surface area contributed by atoms with Crippen LogP contribution in [0.4, 0.5) is 17.1 Å². The van der Waals surface area contributed by atoms with Crippen molar-refractivity contribution in [2.75, 3.05) is 4.90 Å². The molecule has 2 aliphatic rings. The zero-order chi connectivity index (χ0) is 34.8. The van der Waals surface area contributed by atoms with Crippen LogP contribution in [-0.4, -0.2) is 0 Å². The lowest BCUT2D eigenvalue weighted by molar-refractivity contribution is 0.793. The van der Waals surface area contributed by atoms with Gasteiger partial charge in [-0.2, -0.15) is 0 Å². The zero-order valence-electron chi connectivity index (χ0n) is 29.3. The van der Waals surface area contributed by atoms with Crippen molar-refractivity contribution in [3.05, 3.63) is 221 Å². The third-order valence-corrected chi connectivity index (χ3v) is 11.3. The number of hydrogen-bond acceptors (Lipinski definition) is 1. The Morgan fingerprint density at radius 2 is 0.731 bits per heavy atom. The molecule has 246 valence electrons. The molecule has 1 spiro atoms. The number of aryl methyl sites for hydroxylation is 2. The first kappa shape index (κ1) is 30.4. The fourth-order valence-electron chi connectivity index (χ4n) is 9.14. The second-order valence-corrected chi connectivity index (χ2v) is 14.2. The Hall–Kier alpha value is -6.44. The molecular formula is C51H37N. The highest BCUT2D eigenvalue weighted by Gasteiger charge is 2.53. The van der Waals surface area contributed by atoms with Gasteiger partial charge in [-0.1, -0.05) is 158 Å². The van der Waals surface area contributed by atoms with Gasteiger partial charge < -0.3 is 4.90 Å². The molecule has 1 heteroatoms.